The Kier molecular flexibility index (Phi) is 6.64. The Bertz CT molecular complexity index is 977. The lowest BCUT2D eigenvalue weighted by Gasteiger charge is -2.40. The predicted molar refractivity (Wildman–Crippen MR) is 130 cm³/mol. The number of aliphatic imine (C=N–C) groups is 1. The van der Waals surface area contributed by atoms with Gasteiger partial charge in [0.25, 0.3) is 0 Å². The summed E-state index contributed by atoms with van der Waals surface area (Å²) in [6, 6.07) is 7.61. The van der Waals surface area contributed by atoms with Gasteiger partial charge >= 0.3 is 0 Å². The highest BCUT2D eigenvalue weighted by Crippen LogP contribution is 2.47. The first-order valence-corrected chi connectivity index (χ1v) is 12.3. The number of guanidine groups is 1. The fraction of sp³-hybridized carbons (Fsp3) is 0.654. The Morgan fingerprint density at radius 2 is 2.09 bits per heavy atom. The number of hydrogen-bond acceptors (Lipinski definition) is 6. The van der Waals surface area contributed by atoms with E-state index in [1.165, 1.54) is 0 Å². The van der Waals surface area contributed by atoms with E-state index in [0.717, 1.165) is 30.6 Å². The van der Waals surface area contributed by atoms with Crippen molar-refractivity contribution in [3.05, 3.63) is 29.8 Å². The zero-order valence-electron chi connectivity index (χ0n) is 21.0. The number of para-hydroxylation sites is 1. The number of benzene rings is 1. The van der Waals surface area contributed by atoms with Crippen molar-refractivity contribution in [2.24, 2.45) is 22.6 Å². The van der Waals surface area contributed by atoms with Crippen molar-refractivity contribution in [3.63, 3.8) is 0 Å². The maximum atomic E-state index is 13.4. The summed E-state index contributed by atoms with van der Waals surface area (Å²) in [4.78, 5) is 32.5. The number of methoxy groups -OCH3 is 1. The largest absolute Gasteiger partial charge is 0.487 e. The molecule has 2 aliphatic heterocycles. The normalized spacial score (nSPS) is 30.6. The van der Waals surface area contributed by atoms with Gasteiger partial charge in [-0.3, -0.25) is 14.5 Å². The van der Waals surface area contributed by atoms with E-state index in [1.54, 1.807) is 12.0 Å². The van der Waals surface area contributed by atoms with Gasteiger partial charge in [-0.2, -0.15) is 0 Å². The summed E-state index contributed by atoms with van der Waals surface area (Å²) in [5, 5.41) is 3.29. The van der Waals surface area contributed by atoms with Crippen LogP contribution in [0.25, 0.3) is 0 Å². The molecule has 8 nitrogen and oxygen atoms in total. The molecule has 1 fully saturated rings. The third kappa shape index (κ3) is 4.92. The van der Waals surface area contributed by atoms with Crippen LogP contribution in [0.2, 0.25) is 0 Å². The van der Waals surface area contributed by atoms with Gasteiger partial charge in [0.15, 0.2) is 5.96 Å². The maximum absolute atomic E-state index is 13.4. The minimum atomic E-state index is -0.508. The zero-order chi connectivity index (χ0) is 24.7. The third-order valence-electron chi connectivity index (χ3n) is 7.49. The number of rotatable bonds is 8. The number of ether oxygens (including phenoxy) is 2. The van der Waals surface area contributed by atoms with Crippen LogP contribution in [0.3, 0.4) is 0 Å². The Morgan fingerprint density at radius 3 is 2.76 bits per heavy atom. The van der Waals surface area contributed by atoms with Crippen molar-refractivity contribution in [3.8, 4) is 5.75 Å². The van der Waals surface area contributed by atoms with Crippen LogP contribution < -0.4 is 15.8 Å². The van der Waals surface area contributed by atoms with Crippen LogP contribution in [0.1, 0.15) is 71.4 Å². The maximum Gasteiger partial charge on any atom is 0.231 e. The summed E-state index contributed by atoms with van der Waals surface area (Å²) in [6.45, 7) is 8.49. The lowest BCUT2D eigenvalue weighted by atomic mass is 9.86. The molecule has 1 aromatic rings. The topological polar surface area (TPSA) is 106 Å². The zero-order valence-corrected chi connectivity index (χ0v) is 21.0. The quantitative estimate of drug-likeness (QED) is 0.607. The molecule has 2 unspecified atom stereocenters. The summed E-state index contributed by atoms with van der Waals surface area (Å²) >= 11 is 0. The first-order chi connectivity index (χ1) is 16.1. The number of nitrogens with zero attached hydrogens (tertiary/aromatic N) is 2. The molecule has 0 spiro atoms. The Morgan fingerprint density at radius 1 is 1.35 bits per heavy atom. The van der Waals surface area contributed by atoms with Crippen LogP contribution in [-0.4, -0.2) is 53.6 Å². The molecule has 0 bridgehead atoms. The Labute approximate surface area is 202 Å². The number of fused-ring (bicyclic) bond motifs is 1. The third-order valence-corrected chi connectivity index (χ3v) is 7.49. The summed E-state index contributed by atoms with van der Waals surface area (Å²) < 4.78 is 11.6. The summed E-state index contributed by atoms with van der Waals surface area (Å²) in [5.41, 5.74) is 6.43. The molecule has 4 rings (SSSR count). The molecule has 186 valence electrons. The monoisotopic (exact) mass is 470 g/mol. The van der Waals surface area contributed by atoms with E-state index in [2.05, 4.69) is 24.2 Å². The first-order valence-electron chi connectivity index (χ1n) is 12.3. The second-order valence-corrected chi connectivity index (χ2v) is 10.8. The molecule has 0 radical (unpaired) electrons. The van der Waals surface area contributed by atoms with Crippen molar-refractivity contribution in [2.45, 2.75) is 83.0 Å². The molecular formula is C26H38N4O4. The minimum Gasteiger partial charge on any atom is -0.487 e. The standard InChI is InChI=1S/C26H38N4O4/c1-6-26(4)14-19(16-9-7-8-10-21(16)34-26)28-23(32)18-13-17(18)20(11-12-33-5)30-22(31)15-25(2,3)29-24(30)27/h7-10,17-20H,6,11-15H2,1-5H3,(H2,27,29)(H,28,32)/t17-,18-,19?,20-,26?/m1/s1. The van der Waals surface area contributed by atoms with E-state index in [1.807, 2.05) is 38.1 Å². The van der Waals surface area contributed by atoms with Crippen molar-refractivity contribution in [1.82, 2.24) is 10.2 Å². The van der Waals surface area contributed by atoms with E-state index in [9.17, 15) is 9.59 Å². The van der Waals surface area contributed by atoms with Gasteiger partial charge in [0.05, 0.1) is 18.0 Å². The number of carbonyl (C=O) groups is 2. The molecule has 1 aromatic carbocycles. The van der Waals surface area contributed by atoms with Crippen molar-refractivity contribution in [2.75, 3.05) is 13.7 Å². The average molecular weight is 471 g/mol. The summed E-state index contributed by atoms with van der Waals surface area (Å²) in [6.07, 6.45) is 3.20. The number of carbonyl (C=O) groups excluding carboxylic acids is 2. The summed E-state index contributed by atoms with van der Waals surface area (Å²) in [5.74, 6) is 0.918. The van der Waals surface area contributed by atoms with Gasteiger partial charge in [-0.1, -0.05) is 25.1 Å². The van der Waals surface area contributed by atoms with Gasteiger partial charge in [-0.15, -0.1) is 0 Å². The van der Waals surface area contributed by atoms with Gasteiger partial charge in [0.2, 0.25) is 11.8 Å². The SMILES string of the molecule is CCC1(C)CC(NC(=O)[C@@H]2C[C@H]2[C@@H](CCOC)N2C(=O)CC(C)(C)N=C2N)c2ccccc2O1. The highest BCUT2D eigenvalue weighted by molar-refractivity contribution is 5.99. The summed E-state index contributed by atoms with van der Waals surface area (Å²) in [7, 11) is 1.64. The fourth-order valence-electron chi connectivity index (χ4n) is 5.39. The molecule has 5 atom stereocenters. The van der Waals surface area contributed by atoms with Crippen molar-refractivity contribution < 1.29 is 19.1 Å². The molecule has 2 heterocycles. The van der Waals surface area contributed by atoms with E-state index in [-0.39, 0.29) is 47.3 Å². The Balaban J connectivity index is 1.50. The van der Waals surface area contributed by atoms with Crippen LogP contribution in [0.15, 0.2) is 29.3 Å². The van der Waals surface area contributed by atoms with Crippen molar-refractivity contribution >= 4 is 17.8 Å². The number of nitrogens with two attached hydrogens (primary N) is 1. The molecule has 1 aliphatic carbocycles. The first kappa shape index (κ1) is 24.5. The molecule has 2 amide bonds. The fourth-order valence-corrected chi connectivity index (χ4v) is 5.39. The van der Waals surface area contributed by atoms with Crippen LogP contribution in [0, 0.1) is 11.8 Å². The Hall–Kier alpha value is -2.61. The van der Waals surface area contributed by atoms with E-state index in [0.29, 0.717) is 19.4 Å². The highest BCUT2D eigenvalue weighted by Gasteiger charge is 2.52. The predicted octanol–water partition coefficient (Wildman–Crippen LogP) is 3.16. The number of amides is 2. The van der Waals surface area contributed by atoms with Gasteiger partial charge < -0.3 is 20.5 Å². The van der Waals surface area contributed by atoms with Gasteiger partial charge in [0, 0.05) is 37.7 Å². The van der Waals surface area contributed by atoms with Crippen molar-refractivity contribution in [1.29, 1.82) is 0 Å². The molecule has 0 saturated heterocycles. The second-order valence-electron chi connectivity index (χ2n) is 10.8. The average Bonchev–Trinajstić information content (AvgIpc) is 3.55. The van der Waals surface area contributed by atoms with Crippen LogP contribution in [0.5, 0.6) is 5.75 Å². The highest BCUT2D eigenvalue weighted by atomic mass is 16.5. The molecule has 1 saturated carbocycles. The lowest BCUT2D eigenvalue weighted by molar-refractivity contribution is -0.132. The minimum absolute atomic E-state index is 0.0212. The van der Waals surface area contributed by atoms with E-state index in [4.69, 9.17) is 15.2 Å². The van der Waals surface area contributed by atoms with Gasteiger partial charge in [-0.05, 0) is 52.0 Å². The molecular weight excluding hydrogens is 432 g/mol. The number of nitrogens with one attached hydrogen (secondary N) is 1. The molecule has 3 aliphatic rings. The van der Waals surface area contributed by atoms with Gasteiger partial charge in [-0.25, -0.2) is 4.99 Å². The number of hydrogen-bond donors (Lipinski definition) is 2. The molecule has 3 N–H and O–H groups in total. The second kappa shape index (κ2) is 9.21. The van der Waals surface area contributed by atoms with E-state index < -0.39 is 5.54 Å². The van der Waals surface area contributed by atoms with Crippen LogP contribution in [0.4, 0.5) is 0 Å². The molecule has 34 heavy (non-hydrogen) atoms. The lowest BCUT2D eigenvalue weighted by Crippen LogP contribution is -2.55. The van der Waals surface area contributed by atoms with Gasteiger partial charge in [0.1, 0.15) is 11.4 Å². The smallest absolute Gasteiger partial charge is 0.231 e. The van der Waals surface area contributed by atoms with E-state index >= 15 is 0 Å². The van der Waals surface area contributed by atoms with Crippen LogP contribution >= 0.6 is 0 Å². The van der Waals surface area contributed by atoms with Crippen LogP contribution in [-0.2, 0) is 14.3 Å². The molecule has 0 aromatic heterocycles. The molecule has 8 heteroatoms.